The molecule has 1 aliphatic heterocycles. The van der Waals surface area contributed by atoms with Gasteiger partial charge in [-0.15, -0.1) is 0 Å². The van der Waals surface area contributed by atoms with Gasteiger partial charge in [0.05, 0.1) is 5.56 Å². The third-order valence-corrected chi connectivity index (χ3v) is 2.52. The van der Waals surface area contributed by atoms with Gasteiger partial charge >= 0.3 is 6.18 Å². The zero-order valence-corrected chi connectivity index (χ0v) is 9.19. The minimum Gasteiger partial charge on any atom is -0.477 e. The third-order valence-electron chi connectivity index (χ3n) is 2.31. The Labute approximate surface area is 95.6 Å². The van der Waals surface area contributed by atoms with Gasteiger partial charge in [0.25, 0.3) is 0 Å². The summed E-state index contributed by atoms with van der Waals surface area (Å²) in [7, 11) is 1.76. The third kappa shape index (κ3) is 2.10. The van der Waals surface area contributed by atoms with Gasteiger partial charge in [0.1, 0.15) is 12.5 Å². The maximum absolute atomic E-state index is 12.7. The first-order chi connectivity index (χ1) is 7.38. The molecular weight excluding hydrogens is 243 g/mol. The Morgan fingerprint density at radius 3 is 2.69 bits per heavy atom. The molecule has 0 aliphatic carbocycles. The number of rotatable bonds is 0. The minimum atomic E-state index is -4.44. The number of nitrogens with zero attached hydrogens (tertiary/aromatic N) is 1. The van der Waals surface area contributed by atoms with E-state index in [1.807, 2.05) is 0 Å². The molecule has 0 fully saturated rings. The van der Waals surface area contributed by atoms with Crippen LogP contribution in [0.5, 0.6) is 5.75 Å². The molecule has 0 N–H and O–H groups in total. The molecule has 0 bridgehead atoms. The molecule has 1 aromatic carbocycles. The largest absolute Gasteiger partial charge is 0.477 e. The summed E-state index contributed by atoms with van der Waals surface area (Å²) in [5, 5.41) is 0.0741. The van der Waals surface area contributed by atoms with Crippen molar-refractivity contribution in [1.29, 1.82) is 0 Å². The SMILES string of the molecule is CN1COc2c(cc(Cl)cc2C(F)(F)F)C1. The molecule has 0 radical (unpaired) electrons. The molecular formula is C10H9ClF3NO. The summed E-state index contributed by atoms with van der Waals surface area (Å²) >= 11 is 5.66. The van der Waals surface area contributed by atoms with Gasteiger partial charge in [-0.25, -0.2) is 0 Å². The number of alkyl halides is 3. The summed E-state index contributed by atoms with van der Waals surface area (Å²) in [6.45, 7) is 0.552. The molecule has 16 heavy (non-hydrogen) atoms. The predicted molar refractivity (Wildman–Crippen MR) is 53.4 cm³/mol. The van der Waals surface area contributed by atoms with Crippen molar-refractivity contribution in [2.75, 3.05) is 13.8 Å². The van der Waals surface area contributed by atoms with Crippen molar-refractivity contribution in [1.82, 2.24) is 4.90 Å². The van der Waals surface area contributed by atoms with E-state index in [0.717, 1.165) is 6.07 Å². The van der Waals surface area contributed by atoms with E-state index in [-0.39, 0.29) is 17.5 Å². The Morgan fingerprint density at radius 2 is 2.06 bits per heavy atom. The van der Waals surface area contributed by atoms with Crippen LogP contribution in [0.1, 0.15) is 11.1 Å². The van der Waals surface area contributed by atoms with Gasteiger partial charge in [-0.1, -0.05) is 11.6 Å². The van der Waals surface area contributed by atoms with Gasteiger partial charge in [0, 0.05) is 17.1 Å². The Balaban J connectivity index is 2.54. The molecule has 0 aromatic heterocycles. The van der Waals surface area contributed by atoms with Crippen molar-refractivity contribution in [3.8, 4) is 5.75 Å². The first-order valence-electron chi connectivity index (χ1n) is 4.59. The summed E-state index contributed by atoms with van der Waals surface area (Å²) in [4.78, 5) is 1.76. The second-order valence-electron chi connectivity index (χ2n) is 3.73. The van der Waals surface area contributed by atoms with Crippen molar-refractivity contribution >= 4 is 11.6 Å². The smallest absolute Gasteiger partial charge is 0.420 e. The van der Waals surface area contributed by atoms with Gasteiger partial charge in [-0.05, 0) is 19.2 Å². The number of ether oxygens (including phenoxy) is 1. The maximum atomic E-state index is 12.7. The highest BCUT2D eigenvalue weighted by molar-refractivity contribution is 6.30. The van der Waals surface area contributed by atoms with E-state index in [0.29, 0.717) is 12.1 Å². The van der Waals surface area contributed by atoms with Crippen LogP contribution in [-0.4, -0.2) is 18.7 Å². The van der Waals surface area contributed by atoms with Gasteiger partial charge in [0.2, 0.25) is 0 Å². The van der Waals surface area contributed by atoms with E-state index in [9.17, 15) is 13.2 Å². The van der Waals surface area contributed by atoms with Crippen LogP contribution in [0.2, 0.25) is 5.02 Å². The number of hydrogen-bond donors (Lipinski definition) is 0. The number of hydrogen-bond acceptors (Lipinski definition) is 2. The highest BCUT2D eigenvalue weighted by Crippen LogP contribution is 2.41. The molecule has 0 saturated heterocycles. The molecule has 1 heterocycles. The van der Waals surface area contributed by atoms with Crippen molar-refractivity contribution in [2.24, 2.45) is 0 Å². The van der Waals surface area contributed by atoms with Crippen LogP contribution in [0.4, 0.5) is 13.2 Å². The normalized spacial score (nSPS) is 16.8. The van der Waals surface area contributed by atoms with Gasteiger partial charge < -0.3 is 4.74 Å². The maximum Gasteiger partial charge on any atom is 0.420 e. The lowest BCUT2D eigenvalue weighted by Gasteiger charge is -2.28. The molecule has 6 heteroatoms. The van der Waals surface area contributed by atoms with E-state index >= 15 is 0 Å². The molecule has 0 atom stereocenters. The monoisotopic (exact) mass is 251 g/mol. The van der Waals surface area contributed by atoms with E-state index in [2.05, 4.69) is 0 Å². The summed E-state index contributed by atoms with van der Waals surface area (Å²) < 4.78 is 43.2. The lowest BCUT2D eigenvalue weighted by Crippen LogP contribution is -2.29. The fourth-order valence-electron chi connectivity index (χ4n) is 1.66. The van der Waals surface area contributed by atoms with Gasteiger partial charge in [-0.2, -0.15) is 13.2 Å². The van der Waals surface area contributed by atoms with Crippen molar-refractivity contribution in [2.45, 2.75) is 12.7 Å². The van der Waals surface area contributed by atoms with Crippen molar-refractivity contribution in [3.05, 3.63) is 28.3 Å². The van der Waals surface area contributed by atoms with Crippen LogP contribution < -0.4 is 4.74 Å². The zero-order chi connectivity index (χ0) is 11.9. The number of fused-ring (bicyclic) bond motifs is 1. The Morgan fingerprint density at radius 1 is 1.38 bits per heavy atom. The number of benzene rings is 1. The summed E-state index contributed by atoms with van der Waals surface area (Å²) in [5.41, 5.74) is -0.336. The quantitative estimate of drug-likeness (QED) is 0.702. The molecule has 2 nitrogen and oxygen atoms in total. The van der Waals surface area contributed by atoms with E-state index < -0.39 is 11.7 Å². The fourth-order valence-corrected chi connectivity index (χ4v) is 1.90. The average Bonchev–Trinajstić information content (AvgIpc) is 2.14. The molecule has 0 spiro atoms. The molecule has 88 valence electrons. The highest BCUT2D eigenvalue weighted by atomic mass is 35.5. The standard InChI is InChI=1S/C10H9ClF3NO/c1-15-4-6-2-7(11)3-8(10(12,13)14)9(6)16-5-15/h2-3H,4-5H2,1H3. The van der Waals surface area contributed by atoms with Crippen LogP contribution >= 0.6 is 11.6 Å². The fraction of sp³-hybridized carbons (Fsp3) is 0.400. The Hall–Kier alpha value is -0.940. The van der Waals surface area contributed by atoms with Gasteiger partial charge in [-0.3, -0.25) is 4.90 Å². The molecule has 0 saturated carbocycles. The molecule has 1 aliphatic rings. The van der Waals surface area contributed by atoms with Crippen LogP contribution in [0.25, 0.3) is 0 Å². The van der Waals surface area contributed by atoms with Crippen LogP contribution in [0.15, 0.2) is 12.1 Å². The highest BCUT2D eigenvalue weighted by Gasteiger charge is 2.37. The lowest BCUT2D eigenvalue weighted by molar-refractivity contribution is -0.139. The molecule has 0 unspecified atom stereocenters. The first kappa shape index (κ1) is 11.5. The molecule has 2 rings (SSSR count). The topological polar surface area (TPSA) is 12.5 Å². The van der Waals surface area contributed by atoms with Crippen LogP contribution in [0.3, 0.4) is 0 Å². The van der Waals surface area contributed by atoms with E-state index in [4.69, 9.17) is 16.3 Å². The van der Waals surface area contributed by atoms with Gasteiger partial charge in [0.15, 0.2) is 0 Å². The second kappa shape index (κ2) is 3.82. The molecule has 1 aromatic rings. The average molecular weight is 252 g/mol. The Bertz CT molecular complexity index is 419. The number of halogens is 4. The van der Waals surface area contributed by atoms with Crippen molar-refractivity contribution < 1.29 is 17.9 Å². The minimum absolute atomic E-state index is 0.0741. The molecule has 0 amide bonds. The van der Waals surface area contributed by atoms with Crippen LogP contribution in [0, 0.1) is 0 Å². The summed E-state index contributed by atoms with van der Waals surface area (Å²) in [6, 6.07) is 2.40. The second-order valence-corrected chi connectivity index (χ2v) is 4.16. The zero-order valence-electron chi connectivity index (χ0n) is 8.44. The van der Waals surface area contributed by atoms with Crippen LogP contribution in [-0.2, 0) is 12.7 Å². The summed E-state index contributed by atoms with van der Waals surface area (Å²) in [6.07, 6.45) is -4.44. The lowest BCUT2D eigenvalue weighted by atomic mass is 10.1. The Kier molecular flexibility index (Phi) is 2.75. The first-order valence-corrected chi connectivity index (χ1v) is 4.96. The summed E-state index contributed by atoms with van der Waals surface area (Å²) in [5.74, 6) is -0.102. The predicted octanol–water partition coefficient (Wildman–Crippen LogP) is 3.14. The van der Waals surface area contributed by atoms with E-state index in [1.165, 1.54) is 6.07 Å². The van der Waals surface area contributed by atoms with E-state index in [1.54, 1.807) is 11.9 Å². The van der Waals surface area contributed by atoms with Crippen molar-refractivity contribution in [3.63, 3.8) is 0 Å².